The van der Waals surface area contributed by atoms with Crippen LogP contribution in [0, 0.1) is 6.92 Å². The number of hydrogen-bond acceptors (Lipinski definition) is 2. The van der Waals surface area contributed by atoms with Crippen molar-refractivity contribution in [1.29, 1.82) is 0 Å². The van der Waals surface area contributed by atoms with Crippen molar-refractivity contribution >= 4 is 21.4 Å². The number of nitrogens with two attached hydrogens (primary N) is 1. The lowest BCUT2D eigenvalue weighted by Crippen LogP contribution is -1.90. The third-order valence-corrected chi connectivity index (χ3v) is 3.06. The maximum atomic E-state index is 5.56. The molecule has 0 aliphatic heterocycles. The third-order valence-electron chi connectivity index (χ3n) is 1.92. The van der Waals surface area contributed by atoms with Gasteiger partial charge in [0.15, 0.2) is 0 Å². The largest absolute Gasteiger partial charge is 0.326 e. The molecule has 1 nitrogen and oxygen atoms in total. The quantitative estimate of drug-likeness (QED) is 0.712. The average molecular weight is 177 g/mol. The molecule has 2 aromatic rings. The van der Waals surface area contributed by atoms with Gasteiger partial charge in [-0.3, -0.25) is 0 Å². The van der Waals surface area contributed by atoms with Crippen LogP contribution < -0.4 is 5.73 Å². The van der Waals surface area contributed by atoms with Gasteiger partial charge in [0.25, 0.3) is 0 Å². The first-order chi connectivity index (χ1) is 5.79. The normalized spacial score (nSPS) is 10.8. The number of hydrogen-bond donors (Lipinski definition) is 1. The van der Waals surface area contributed by atoms with Crippen LogP contribution in [0.15, 0.2) is 24.3 Å². The van der Waals surface area contributed by atoms with Gasteiger partial charge in [0.1, 0.15) is 0 Å². The van der Waals surface area contributed by atoms with Gasteiger partial charge in [-0.1, -0.05) is 17.7 Å². The number of rotatable bonds is 1. The van der Waals surface area contributed by atoms with Crippen molar-refractivity contribution in [3.05, 3.63) is 34.7 Å². The molecule has 1 heterocycles. The summed E-state index contributed by atoms with van der Waals surface area (Å²) in [5, 5.41) is 1.32. The smallest absolute Gasteiger partial charge is 0.0346 e. The molecule has 0 bridgehead atoms. The molecule has 0 aliphatic rings. The first kappa shape index (κ1) is 7.77. The lowest BCUT2D eigenvalue weighted by molar-refractivity contribution is 1.11. The van der Waals surface area contributed by atoms with Crippen molar-refractivity contribution in [2.24, 2.45) is 5.73 Å². The maximum absolute atomic E-state index is 5.56. The van der Waals surface area contributed by atoms with Gasteiger partial charge in [-0.05, 0) is 24.4 Å². The molecule has 0 spiro atoms. The topological polar surface area (TPSA) is 26.0 Å². The SMILES string of the molecule is Cc1ccc2sc(CN)cc2c1. The molecule has 2 heteroatoms. The van der Waals surface area contributed by atoms with Gasteiger partial charge in [0.2, 0.25) is 0 Å². The summed E-state index contributed by atoms with van der Waals surface area (Å²) in [6, 6.07) is 8.67. The number of fused-ring (bicyclic) bond motifs is 1. The monoisotopic (exact) mass is 177 g/mol. The van der Waals surface area contributed by atoms with Gasteiger partial charge in [-0.25, -0.2) is 0 Å². The highest BCUT2D eigenvalue weighted by Crippen LogP contribution is 2.25. The van der Waals surface area contributed by atoms with Crippen LogP contribution in [0.1, 0.15) is 10.4 Å². The van der Waals surface area contributed by atoms with Crippen LogP contribution in [0.5, 0.6) is 0 Å². The van der Waals surface area contributed by atoms with E-state index in [1.807, 2.05) is 0 Å². The Bertz CT molecular complexity index is 403. The molecule has 2 rings (SSSR count). The molecule has 2 N–H and O–H groups in total. The van der Waals surface area contributed by atoms with Crippen LogP contribution in [0.2, 0.25) is 0 Å². The second-order valence-electron chi connectivity index (χ2n) is 2.96. The van der Waals surface area contributed by atoms with E-state index in [-0.39, 0.29) is 0 Å². The number of aryl methyl sites for hydroxylation is 1. The lowest BCUT2D eigenvalue weighted by atomic mass is 10.2. The molecule has 0 saturated carbocycles. The van der Waals surface area contributed by atoms with E-state index in [4.69, 9.17) is 5.73 Å². The minimum absolute atomic E-state index is 0.651. The Labute approximate surface area is 75.8 Å². The van der Waals surface area contributed by atoms with Crippen LogP contribution in [0.4, 0.5) is 0 Å². The Hall–Kier alpha value is -0.860. The van der Waals surface area contributed by atoms with E-state index in [1.54, 1.807) is 11.3 Å². The van der Waals surface area contributed by atoms with E-state index in [2.05, 4.69) is 31.2 Å². The molecule has 1 aromatic carbocycles. The average Bonchev–Trinajstić information content (AvgIpc) is 2.46. The van der Waals surface area contributed by atoms with Crippen molar-refractivity contribution in [2.45, 2.75) is 13.5 Å². The van der Waals surface area contributed by atoms with E-state index in [0.29, 0.717) is 6.54 Å². The molecule has 0 unspecified atom stereocenters. The zero-order valence-corrected chi connectivity index (χ0v) is 7.82. The fraction of sp³-hybridized carbons (Fsp3) is 0.200. The van der Waals surface area contributed by atoms with E-state index in [1.165, 1.54) is 20.5 Å². The highest BCUT2D eigenvalue weighted by Gasteiger charge is 1.99. The van der Waals surface area contributed by atoms with Gasteiger partial charge in [-0.15, -0.1) is 11.3 Å². The highest BCUT2D eigenvalue weighted by atomic mass is 32.1. The Balaban J connectivity index is 2.67. The number of thiophene rings is 1. The Kier molecular flexibility index (Phi) is 1.87. The van der Waals surface area contributed by atoms with Crippen molar-refractivity contribution in [2.75, 3.05) is 0 Å². The van der Waals surface area contributed by atoms with Crippen molar-refractivity contribution in [1.82, 2.24) is 0 Å². The minimum atomic E-state index is 0.651. The summed E-state index contributed by atoms with van der Waals surface area (Å²) in [4.78, 5) is 1.26. The van der Waals surface area contributed by atoms with Gasteiger partial charge in [-0.2, -0.15) is 0 Å². The Morgan fingerprint density at radius 2 is 2.17 bits per heavy atom. The fourth-order valence-electron chi connectivity index (χ4n) is 1.32. The first-order valence-electron chi connectivity index (χ1n) is 3.99. The summed E-state index contributed by atoms with van der Waals surface area (Å²) in [6.07, 6.45) is 0. The highest BCUT2D eigenvalue weighted by molar-refractivity contribution is 7.19. The molecule has 0 radical (unpaired) electrons. The summed E-state index contributed by atoms with van der Waals surface area (Å²) in [5.41, 5.74) is 6.87. The summed E-state index contributed by atoms with van der Waals surface area (Å²) in [7, 11) is 0. The van der Waals surface area contributed by atoms with E-state index in [9.17, 15) is 0 Å². The van der Waals surface area contributed by atoms with Gasteiger partial charge < -0.3 is 5.73 Å². The molecule has 0 fully saturated rings. The zero-order chi connectivity index (χ0) is 8.55. The van der Waals surface area contributed by atoms with Crippen LogP contribution >= 0.6 is 11.3 Å². The van der Waals surface area contributed by atoms with Crippen LogP contribution in [-0.4, -0.2) is 0 Å². The molecule has 0 saturated heterocycles. The summed E-state index contributed by atoms with van der Waals surface area (Å²) in [6.45, 7) is 2.76. The molecule has 12 heavy (non-hydrogen) atoms. The molecule has 0 atom stereocenters. The zero-order valence-electron chi connectivity index (χ0n) is 7.00. The molecule has 1 aromatic heterocycles. The van der Waals surface area contributed by atoms with Crippen molar-refractivity contribution < 1.29 is 0 Å². The van der Waals surface area contributed by atoms with E-state index in [0.717, 1.165) is 0 Å². The number of benzene rings is 1. The molecular formula is C10H11NS. The Morgan fingerprint density at radius 1 is 1.33 bits per heavy atom. The third kappa shape index (κ3) is 1.24. The Morgan fingerprint density at radius 3 is 2.92 bits per heavy atom. The lowest BCUT2D eigenvalue weighted by Gasteiger charge is -1.89. The maximum Gasteiger partial charge on any atom is 0.0346 e. The van der Waals surface area contributed by atoms with Gasteiger partial charge >= 0.3 is 0 Å². The van der Waals surface area contributed by atoms with Crippen molar-refractivity contribution in [3.63, 3.8) is 0 Å². The molecule has 62 valence electrons. The van der Waals surface area contributed by atoms with Gasteiger partial charge in [0, 0.05) is 16.1 Å². The predicted molar refractivity (Wildman–Crippen MR) is 54.5 cm³/mol. The molecule has 0 amide bonds. The summed E-state index contributed by atoms with van der Waals surface area (Å²) < 4.78 is 1.33. The summed E-state index contributed by atoms with van der Waals surface area (Å²) >= 11 is 1.78. The van der Waals surface area contributed by atoms with E-state index >= 15 is 0 Å². The van der Waals surface area contributed by atoms with E-state index < -0.39 is 0 Å². The summed E-state index contributed by atoms with van der Waals surface area (Å²) in [5.74, 6) is 0. The standard InChI is InChI=1S/C10H11NS/c1-7-2-3-10-8(4-7)5-9(6-11)12-10/h2-5H,6,11H2,1H3. The predicted octanol–water partition coefficient (Wildman–Crippen LogP) is 2.67. The van der Waals surface area contributed by atoms with Crippen LogP contribution in [0.25, 0.3) is 10.1 Å². The van der Waals surface area contributed by atoms with Crippen LogP contribution in [0.3, 0.4) is 0 Å². The van der Waals surface area contributed by atoms with Crippen molar-refractivity contribution in [3.8, 4) is 0 Å². The minimum Gasteiger partial charge on any atom is -0.326 e. The van der Waals surface area contributed by atoms with Crippen LogP contribution in [-0.2, 0) is 6.54 Å². The second-order valence-corrected chi connectivity index (χ2v) is 4.13. The van der Waals surface area contributed by atoms with Gasteiger partial charge in [0.05, 0.1) is 0 Å². The molecular weight excluding hydrogens is 166 g/mol. The first-order valence-corrected chi connectivity index (χ1v) is 4.80. The molecule has 0 aliphatic carbocycles. The fourth-order valence-corrected chi connectivity index (χ4v) is 2.24. The second kappa shape index (κ2) is 2.88.